The Morgan fingerprint density at radius 2 is 1.78 bits per heavy atom. The standard InChI is InChI=1S/C26H26O6/c1-30-16-31-25-22(32-19-11-5-6-12-19)15-21(24(27)26(28)29)20-13-7-10-18(23(20)25)14-17-8-3-2-4-9-17/h2-4,7-10,13,15,19H,5-6,11-12,14,16H2,1H3,(H,28,29). The second-order valence-electron chi connectivity index (χ2n) is 7.96. The minimum Gasteiger partial charge on any atom is -0.486 e. The number of hydrogen-bond donors (Lipinski definition) is 1. The molecule has 1 aliphatic carbocycles. The lowest BCUT2D eigenvalue weighted by molar-refractivity contribution is -0.131. The molecule has 166 valence electrons. The van der Waals surface area contributed by atoms with Gasteiger partial charge in [0.15, 0.2) is 18.3 Å². The number of ketones is 1. The van der Waals surface area contributed by atoms with Crippen molar-refractivity contribution >= 4 is 22.5 Å². The first-order valence-electron chi connectivity index (χ1n) is 10.8. The van der Waals surface area contributed by atoms with Gasteiger partial charge in [-0.2, -0.15) is 0 Å². The van der Waals surface area contributed by atoms with E-state index in [9.17, 15) is 14.7 Å². The summed E-state index contributed by atoms with van der Waals surface area (Å²) in [4.78, 5) is 24.2. The van der Waals surface area contributed by atoms with E-state index in [1.54, 1.807) is 6.07 Å². The van der Waals surface area contributed by atoms with Crippen LogP contribution in [0.15, 0.2) is 54.6 Å². The maximum absolute atomic E-state index is 12.6. The van der Waals surface area contributed by atoms with Gasteiger partial charge in [0, 0.05) is 18.1 Å². The van der Waals surface area contributed by atoms with Gasteiger partial charge in [0.25, 0.3) is 5.78 Å². The molecule has 0 amide bonds. The average Bonchev–Trinajstić information content (AvgIpc) is 3.31. The number of Topliss-reactive ketones (excluding diaryl/α,β-unsaturated/α-hetero) is 1. The number of benzene rings is 3. The summed E-state index contributed by atoms with van der Waals surface area (Å²) >= 11 is 0. The van der Waals surface area contributed by atoms with Gasteiger partial charge in [0.05, 0.1) is 6.10 Å². The molecule has 0 saturated heterocycles. The van der Waals surface area contributed by atoms with Gasteiger partial charge in [0.2, 0.25) is 0 Å². The molecule has 3 aromatic rings. The molecule has 0 heterocycles. The van der Waals surface area contributed by atoms with Crippen LogP contribution in [-0.4, -0.2) is 36.9 Å². The van der Waals surface area contributed by atoms with E-state index >= 15 is 0 Å². The van der Waals surface area contributed by atoms with E-state index in [1.807, 2.05) is 42.5 Å². The molecule has 0 atom stereocenters. The Morgan fingerprint density at radius 3 is 2.47 bits per heavy atom. The molecule has 3 aromatic carbocycles. The fraction of sp³-hybridized carbons (Fsp3) is 0.308. The number of ether oxygens (including phenoxy) is 3. The van der Waals surface area contributed by atoms with Gasteiger partial charge in [-0.1, -0.05) is 48.5 Å². The van der Waals surface area contributed by atoms with Crippen molar-refractivity contribution < 1.29 is 28.9 Å². The minimum atomic E-state index is -1.50. The average molecular weight is 434 g/mol. The summed E-state index contributed by atoms with van der Waals surface area (Å²) in [5.74, 6) is -1.62. The highest BCUT2D eigenvalue weighted by atomic mass is 16.7. The van der Waals surface area contributed by atoms with Crippen LogP contribution < -0.4 is 9.47 Å². The summed E-state index contributed by atoms with van der Waals surface area (Å²) in [6.45, 7) is 0.00201. The molecule has 4 rings (SSSR count). The number of carboxylic acids is 1. The number of carbonyl (C=O) groups excluding carboxylic acids is 1. The number of carbonyl (C=O) groups is 2. The zero-order chi connectivity index (χ0) is 22.5. The SMILES string of the molecule is COCOc1c(OC2CCCC2)cc(C(=O)C(=O)O)c2cccc(Cc3ccccc3)c12. The molecule has 6 nitrogen and oxygen atoms in total. The minimum absolute atomic E-state index is 0.00201. The van der Waals surface area contributed by atoms with Crippen molar-refractivity contribution in [2.75, 3.05) is 13.9 Å². The molecule has 1 aliphatic rings. The monoisotopic (exact) mass is 434 g/mol. The van der Waals surface area contributed by atoms with Gasteiger partial charge < -0.3 is 19.3 Å². The van der Waals surface area contributed by atoms with Crippen molar-refractivity contribution in [1.82, 2.24) is 0 Å². The van der Waals surface area contributed by atoms with E-state index in [0.29, 0.717) is 28.7 Å². The zero-order valence-corrected chi connectivity index (χ0v) is 18.0. The number of carboxylic acid groups (broad SMARTS) is 1. The van der Waals surface area contributed by atoms with Gasteiger partial charge in [-0.3, -0.25) is 4.79 Å². The van der Waals surface area contributed by atoms with Crippen molar-refractivity contribution in [3.05, 3.63) is 71.3 Å². The van der Waals surface area contributed by atoms with Crippen molar-refractivity contribution in [1.29, 1.82) is 0 Å². The summed E-state index contributed by atoms with van der Waals surface area (Å²) in [7, 11) is 1.53. The van der Waals surface area contributed by atoms with Crippen molar-refractivity contribution in [3.63, 3.8) is 0 Å². The van der Waals surface area contributed by atoms with Gasteiger partial charge in [-0.05, 0) is 54.7 Å². The molecule has 0 spiro atoms. The molecular weight excluding hydrogens is 408 g/mol. The van der Waals surface area contributed by atoms with Crippen LogP contribution in [0.2, 0.25) is 0 Å². The highest BCUT2D eigenvalue weighted by Crippen LogP contribution is 2.42. The molecule has 1 fully saturated rings. The van der Waals surface area contributed by atoms with Crippen molar-refractivity contribution in [2.24, 2.45) is 0 Å². The fourth-order valence-corrected chi connectivity index (χ4v) is 4.29. The van der Waals surface area contributed by atoms with E-state index in [4.69, 9.17) is 14.2 Å². The topological polar surface area (TPSA) is 82.1 Å². The third kappa shape index (κ3) is 4.60. The summed E-state index contributed by atoms with van der Waals surface area (Å²) in [6, 6.07) is 17.0. The predicted octanol–water partition coefficient (Wildman–Crippen LogP) is 5.00. The first kappa shape index (κ1) is 21.8. The quantitative estimate of drug-likeness (QED) is 0.290. The fourth-order valence-electron chi connectivity index (χ4n) is 4.29. The maximum Gasteiger partial charge on any atom is 0.377 e. The number of hydrogen-bond acceptors (Lipinski definition) is 5. The lowest BCUT2D eigenvalue weighted by Crippen LogP contribution is -2.16. The third-order valence-corrected chi connectivity index (χ3v) is 5.76. The number of fused-ring (bicyclic) bond motifs is 1. The molecule has 0 radical (unpaired) electrons. The van der Waals surface area contributed by atoms with E-state index in [-0.39, 0.29) is 18.5 Å². The summed E-state index contributed by atoms with van der Waals surface area (Å²) < 4.78 is 17.4. The Labute approximate surface area is 186 Å². The van der Waals surface area contributed by atoms with Crippen LogP contribution in [-0.2, 0) is 16.0 Å². The Hall–Kier alpha value is -3.38. The van der Waals surface area contributed by atoms with Crippen LogP contribution in [0.5, 0.6) is 11.5 Å². The third-order valence-electron chi connectivity index (χ3n) is 5.76. The van der Waals surface area contributed by atoms with E-state index in [2.05, 4.69) is 0 Å². The number of methoxy groups -OCH3 is 1. The second kappa shape index (κ2) is 9.83. The lowest BCUT2D eigenvalue weighted by Gasteiger charge is -2.21. The molecule has 6 heteroatoms. The first-order chi connectivity index (χ1) is 15.6. The molecule has 0 aromatic heterocycles. The predicted molar refractivity (Wildman–Crippen MR) is 121 cm³/mol. The van der Waals surface area contributed by atoms with E-state index in [1.165, 1.54) is 13.2 Å². The number of aliphatic carboxylic acids is 1. The smallest absolute Gasteiger partial charge is 0.377 e. The second-order valence-corrected chi connectivity index (χ2v) is 7.96. The normalized spacial score (nSPS) is 13.9. The van der Waals surface area contributed by atoms with Crippen molar-refractivity contribution in [3.8, 4) is 11.5 Å². The van der Waals surface area contributed by atoms with Crippen LogP contribution in [0, 0.1) is 0 Å². The Kier molecular flexibility index (Phi) is 6.71. The highest BCUT2D eigenvalue weighted by Gasteiger charge is 2.26. The summed E-state index contributed by atoms with van der Waals surface area (Å²) in [5.41, 5.74) is 2.10. The van der Waals surface area contributed by atoms with E-state index in [0.717, 1.165) is 36.8 Å². The van der Waals surface area contributed by atoms with Gasteiger partial charge in [-0.25, -0.2) is 4.79 Å². The van der Waals surface area contributed by atoms with Crippen LogP contribution >= 0.6 is 0 Å². The maximum atomic E-state index is 12.6. The van der Waals surface area contributed by atoms with Crippen LogP contribution in [0.1, 0.15) is 47.2 Å². The van der Waals surface area contributed by atoms with Crippen molar-refractivity contribution in [2.45, 2.75) is 38.2 Å². The Balaban J connectivity index is 1.94. The Bertz CT molecular complexity index is 1120. The summed E-state index contributed by atoms with van der Waals surface area (Å²) in [6.07, 6.45) is 4.58. The molecule has 0 bridgehead atoms. The van der Waals surface area contributed by atoms with E-state index < -0.39 is 11.8 Å². The highest BCUT2D eigenvalue weighted by molar-refractivity contribution is 6.42. The van der Waals surface area contributed by atoms with Gasteiger partial charge in [-0.15, -0.1) is 0 Å². The zero-order valence-electron chi connectivity index (χ0n) is 18.0. The lowest BCUT2D eigenvalue weighted by atomic mass is 9.93. The molecule has 32 heavy (non-hydrogen) atoms. The molecule has 0 unspecified atom stereocenters. The van der Waals surface area contributed by atoms with Crippen LogP contribution in [0.4, 0.5) is 0 Å². The summed E-state index contributed by atoms with van der Waals surface area (Å²) in [5, 5.41) is 10.6. The molecule has 0 aliphatic heterocycles. The molecule has 1 saturated carbocycles. The first-order valence-corrected chi connectivity index (χ1v) is 10.8. The van der Waals surface area contributed by atoms with Gasteiger partial charge >= 0.3 is 5.97 Å². The van der Waals surface area contributed by atoms with Crippen LogP contribution in [0.25, 0.3) is 10.8 Å². The van der Waals surface area contributed by atoms with Crippen LogP contribution in [0.3, 0.4) is 0 Å². The van der Waals surface area contributed by atoms with Gasteiger partial charge in [0.1, 0.15) is 0 Å². The number of rotatable bonds is 9. The Morgan fingerprint density at radius 1 is 1.03 bits per heavy atom. The molecular formula is C26H26O6. The largest absolute Gasteiger partial charge is 0.486 e. The molecule has 1 N–H and O–H groups in total.